The molecule has 7 heteroatoms. The Morgan fingerprint density at radius 3 is 2.68 bits per heavy atom. The number of rotatable bonds is 4. The first-order chi connectivity index (χ1) is 13.6. The van der Waals surface area contributed by atoms with Crippen molar-refractivity contribution >= 4 is 17.5 Å². The Kier molecular flexibility index (Phi) is 5.41. The van der Waals surface area contributed by atoms with Crippen molar-refractivity contribution in [2.24, 2.45) is 5.73 Å². The average Bonchev–Trinajstić information content (AvgIpc) is 2.71. The Bertz CT molecular complexity index is 1030. The van der Waals surface area contributed by atoms with Gasteiger partial charge in [0.2, 0.25) is 5.95 Å². The van der Waals surface area contributed by atoms with Crippen LogP contribution in [-0.4, -0.2) is 27.0 Å². The van der Waals surface area contributed by atoms with Gasteiger partial charge < -0.3 is 16.0 Å². The van der Waals surface area contributed by atoms with Gasteiger partial charge in [-0.15, -0.1) is 0 Å². The second kappa shape index (κ2) is 8.12. The lowest BCUT2D eigenvalue weighted by atomic mass is 9.92. The highest BCUT2D eigenvalue weighted by molar-refractivity contribution is 6.32. The van der Waals surface area contributed by atoms with Crippen molar-refractivity contribution < 1.29 is 0 Å². The van der Waals surface area contributed by atoms with E-state index in [0.717, 1.165) is 36.8 Å². The highest BCUT2D eigenvalue weighted by atomic mass is 35.5. The molecule has 0 bridgehead atoms. The van der Waals surface area contributed by atoms with E-state index in [4.69, 9.17) is 17.3 Å². The molecule has 0 radical (unpaired) electrons. The van der Waals surface area contributed by atoms with E-state index in [2.05, 4.69) is 20.3 Å². The van der Waals surface area contributed by atoms with Gasteiger partial charge in [0.05, 0.1) is 16.9 Å². The Labute approximate surface area is 168 Å². The molecule has 1 saturated carbocycles. The highest BCUT2D eigenvalue weighted by Crippen LogP contribution is 2.29. The molecule has 0 spiro atoms. The van der Waals surface area contributed by atoms with Crippen LogP contribution in [0.15, 0.2) is 53.6 Å². The van der Waals surface area contributed by atoms with Gasteiger partial charge in [-0.1, -0.05) is 29.8 Å². The van der Waals surface area contributed by atoms with E-state index >= 15 is 0 Å². The SMILES string of the molecule is NC1CCC(Nc2ncc(Cl)c(-c3cccc(-c4ccc[nH]c4=O)c3)n2)CC1. The van der Waals surface area contributed by atoms with Crippen LogP contribution < -0.4 is 16.6 Å². The van der Waals surface area contributed by atoms with Crippen LogP contribution >= 0.6 is 11.6 Å². The first kappa shape index (κ1) is 18.7. The largest absolute Gasteiger partial charge is 0.351 e. The minimum absolute atomic E-state index is 0.133. The summed E-state index contributed by atoms with van der Waals surface area (Å²) in [6.07, 6.45) is 7.26. The van der Waals surface area contributed by atoms with E-state index < -0.39 is 0 Å². The van der Waals surface area contributed by atoms with E-state index in [0.29, 0.717) is 34.3 Å². The number of nitrogens with two attached hydrogens (primary N) is 1. The smallest absolute Gasteiger partial charge is 0.255 e. The molecule has 3 aromatic rings. The van der Waals surface area contributed by atoms with Gasteiger partial charge in [0.25, 0.3) is 5.56 Å². The second-order valence-electron chi connectivity index (χ2n) is 7.14. The quantitative estimate of drug-likeness (QED) is 0.623. The van der Waals surface area contributed by atoms with Crippen LogP contribution in [-0.2, 0) is 0 Å². The number of nitrogens with zero attached hydrogens (tertiary/aromatic N) is 2. The van der Waals surface area contributed by atoms with Gasteiger partial charge in [-0.25, -0.2) is 9.97 Å². The molecule has 1 aliphatic rings. The summed E-state index contributed by atoms with van der Waals surface area (Å²) in [5, 5.41) is 3.87. The van der Waals surface area contributed by atoms with Crippen LogP contribution in [0.3, 0.4) is 0 Å². The number of aromatic nitrogens is 3. The van der Waals surface area contributed by atoms with Gasteiger partial charge in [-0.05, 0) is 49.4 Å². The van der Waals surface area contributed by atoms with Crippen molar-refractivity contribution in [3.05, 3.63) is 64.2 Å². The van der Waals surface area contributed by atoms with Crippen molar-refractivity contribution in [3.8, 4) is 22.4 Å². The third-order valence-corrected chi connectivity index (χ3v) is 5.39. The fourth-order valence-electron chi connectivity index (χ4n) is 3.57. The summed E-state index contributed by atoms with van der Waals surface area (Å²) < 4.78 is 0. The van der Waals surface area contributed by atoms with Crippen LogP contribution in [0.4, 0.5) is 5.95 Å². The summed E-state index contributed by atoms with van der Waals surface area (Å²) in [5.41, 5.74) is 8.74. The van der Waals surface area contributed by atoms with Gasteiger partial charge in [0.1, 0.15) is 0 Å². The molecule has 2 heterocycles. The maximum atomic E-state index is 12.1. The molecule has 1 aromatic carbocycles. The predicted octanol–water partition coefficient (Wildman–Crippen LogP) is 3.83. The summed E-state index contributed by atoms with van der Waals surface area (Å²) in [6.45, 7) is 0. The molecule has 0 saturated heterocycles. The summed E-state index contributed by atoms with van der Waals surface area (Å²) in [5.74, 6) is 0.558. The van der Waals surface area contributed by atoms with Crippen molar-refractivity contribution in [2.45, 2.75) is 37.8 Å². The molecular formula is C21H22ClN5O. The van der Waals surface area contributed by atoms with Gasteiger partial charge in [-0.2, -0.15) is 0 Å². The van der Waals surface area contributed by atoms with Crippen LogP contribution in [0.25, 0.3) is 22.4 Å². The van der Waals surface area contributed by atoms with Crippen LogP contribution in [0, 0.1) is 0 Å². The van der Waals surface area contributed by atoms with Crippen molar-refractivity contribution in [1.82, 2.24) is 15.0 Å². The van der Waals surface area contributed by atoms with E-state index in [1.165, 1.54) is 0 Å². The summed E-state index contributed by atoms with van der Waals surface area (Å²) >= 11 is 6.39. The molecule has 1 fully saturated rings. The number of nitrogens with one attached hydrogen (secondary N) is 2. The molecular weight excluding hydrogens is 374 g/mol. The van der Waals surface area contributed by atoms with Crippen molar-refractivity contribution in [3.63, 3.8) is 0 Å². The summed E-state index contributed by atoms with van der Waals surface area (Å²) in [6, 6.07) is 11.9. The highest BCUT2D eigenvalue weighted by Gasteiger charge is 2.19. The first-order valence-electron chi connectivity index (χ1n) is 9.43. The zero-order valence-corrected chi connectivity index (χ0v) is 16.1. The molecule has 4 rings (SSSR count). The number of pyridine rings is 1. The molecule has 4 N–H and O–H groups in total. The summed E-state index contributed by atoms with van der Waals surface area (Å²) in [4.78, 5) is 23.8. The van der Waals surface area contributed by atoms with Crippen molar-refractivity contribution in [1.29, 1.82) is 0 Å². The van der Waals surface area contributed by atoms with Crippen molar-refractivity contribution in [2.75, 3.05) is 5.32 Å². The molecule has 28 heavy (non-hydrogen) atoms. The predicted molar refractivity (Wildman–Crippen MR) is 112 cm³/mol. The number of H-pyrrole nitrogens is 1. The molecule has 6 nitrogen and oxygen atoms in total. The maximum absolute atomic E-state index is 12.1. The molecule has 144 valence electrons. The maximum Gasteiger partial charge on any atom is 0.255 e. The third kappa shape index (κ3) is 4.08. The lowest BCUT2D eigenvalue weighted by Crippen LogP contribution is -2.33. The molecule has 1 aliphatic carbocycles. The van der Waals surface area contributed by atoms with Gasteiger partial charge in [0, 0.05) is 29.4 Å². The van der Waals surface area contributed by atoms with E-state index in [-0.39, 0.29) is 5.56 Å². The fraction of sp³-hybridized carbons (Fsp3) is 0.286. The standard InChI is InChI=1S/C21H22ClN5O/c22-18-12-25-21(26-16-8-6-15(23)7-9-16)27-19(18)14-4-1-3-13(11-14)17-5-2-10-24-20(17)28/h1-5,10-12,15-16H,6-9,23H2,(H,24,28)(H,25,26,27). The Balaban J connectivity index is 1.63. The third-order valence-electron chi connectivity index (χ3n) is 5.11. The van der Waals surface area contributed by atoms with Gasteiger partial charge in [0.15, 0.2) is 0 Å². The molecule has 0 unspecified atom stereocenters. The topological polar surface area (TPSA) is 96.7 Å². The zero-order chi connectivity index (χ0) is 19.5. The lowest BCUT2D eigenvalue weighted by molar-refractivity contribution is 0.410. The molecule has 0 atom stereocenters. The number of hydrogen-bond acceptors (Lipinski definition) is 5. The molecule has 0 amide bonds. The van der Waals surface area contributed by atoms with E-state index in [1.807, 2.05) is 24.3 Å². The number of benzene rings is 1. The first-order valence-corrected chi connectivity index (χ1v) is 9.81. The molecule has 0 aliphatic heterocycles. The van der Waals surface area contributed by atoms with Crippen LogP contribution in [0.1, 0.15) is 25.7 Å². The van der Waals surface area contributed by atoms with Gasteiger partial charge in [-0.3, -0.25) is 4.79 Å². The lowest BCUT2D eigenvalue weighted by Gasteiger charge is -2.26. The number of hydrogen-bond donors (Lipinski definition) is 3. The Hall–Kier alpha value is -2.70. The Morgan fingerprint density at radius 1 is 1.11 bits per heavy atom. The number of aromatic amines is 1. The van der Waals surface area contributed by atoms with Crippen LogP contribution in [0.5, 0.6) is 0 Å². The van der Waals surface area contributed by atoms with E-state index in [1.54, 1.807) is 24.5 Å². The van der Waals surface area contributed by atoms with Gasteiger partial charge >= 0.3 is 0 Å². The van der Waals surface area contributed by atoms with E-state index in [9.17, 15) is 4.79 Å². The second-order valence-corrected chi connectivity index (χ2v) is 7.55. The monoisotopic (exact) mass is 395 g/mol. The minimum Gasteiger partial charge on any atom is -0.351 e. The summed E-state index contributed by atoms with van der Waals surface area (Å²) in [7, 11) is 0. The average molecular weight is 396 g/mol. The van der Waals surface area contributed by atoms with Crippen LogP contribution in [0.2, 0.25) is 5.02 Å². The fourth-order valence-corrected chi connectivity index (χ4v) is 3.77. The zero-order valence-electron chi connectivity index (χ0n) is 15.4. The normalized spacial score (nSPS) is 19.4. The number of anilines is 1. The minimum atomic E-state index is -0.133. The Morgan fingerprint density at radius 2 is 1.89 bits per heavy atom. The molecule has 2 aromatic heterocycles. The number of halogens is 1.